The Balaban J connectivity index is 1.13. The zero-order valence-corrected chi connectivity index (χ0v) is 25.9. The van der Waals surface area contributed by atoms with Gasteiger partial charge in [-0.25, -0.2) is 17.1 Å². The zero-order valence-electron chi connectivity index (χ0n) is 25.0. The minimum Gasteiger partial charge on any atom is -0.497 e. The number of ketones is 1. The highest BCUT2D eigenvalue weighted by Crippen LogP contribution is 2.33. The van der Waals surface area contributed by atoms with E-state index in [0.717, 1.165) is 32.6 Å². The van der Waals surface area contributed by atoms with E-state index in [1.807, 2.05) is 0 Å². The van der Waals surface area contributed by atoms with Crippen molar-refractivity contribution in [1.82, 2.24) is 14.1 Å². The Labute approximate surface area is 241 Å². The van der Waals surface area contributed by atoms with Gasteiger partial charge in [-0.15, -0.1) is 0 Å². The molecular formula is C31H50FN3O4S. The standard InChI is InChI=1S/C31H50FN3O4S/c1-23-19-30(39-4)20-24(2)31(23)40(37,38)33(3)15-14-29(36)10-7-25-5-8-28(9-6-25)35-17-11-26(12-18-35)21-34-16-13-27(32)22-34/h19-20,25-28H,5-18,21-22H2,1-4H3/t25?,27-,28?/m0/s1. The van der Waals surface area contributed by atoms with Gasteiger partial charge in [0, 0.05) is 52.1 Å². The summed E-state index contributed by atoms with van der Waals surface area (Å²) in [4.78, 5) is 18.0. The molecule has 7 nitrogen and oxygen atoms in total. The van der Waals surface area contributed by atoms with Gasteiger partial charge in [-0.05, 0) is 113 Å². The molecule has 1 atom stereocenters. The van der Waals surface area contributed by atoms with Crippen LogP contribution in [0.15, 0.2) is 17.0 Å². The number of benzene rings is 1. The SMILES string of the molecule is COc1cc(C)c(S(=O)(=O)N(C)CCC(=O)CCC2CCC(N3CCC(CN4CC[C@H](F)C4)CC3)CC2)c(C)c1. The molecule has 0 bridgehead atoms. The van der Waals surface area contributed by atoms with Crippen LogP contribution in [0.5, 0.6) is 5.75 Å². The van der Waals surface area contributed by atoms with Crippen LogP contribution in [0.25, 0.3) is 0 Å². The molecule has 0 radical (unpaired) electrons. The molecule has 9 heteroatoms. The molecule has 1 aromatic rings. The Kier molecular flexibility index (Phi) is 11.0. The van der Waals surface area contributed by atoms with Crippen LogP contribution in [0.3, 0.4) is 0 Å². The summed E-state index contributed by atoms with van der Waals surface area (Å²) in [5.74, 6) is 2.08. The van der Waals surface area contributed by atoms with Crippen LogP contribution in [0, 0.1) is 25.7 Å². The zero-order chi connectivity index (χ0) is 28.9. The molecule has 3 aliphatic rings. The summed E-state index contributed by atoms with van der Waals surface area (Å²) in [5, 5.41) is 0. The largest absolute Gasteiger partial charge is 0.497 e. The maximum absolute atomic E-state index is 13.5. The Hall–Kier alpha value is -1.55. The first-order valence-corrected chi connectivity index (χ1v) is 16.7. The number of halogens is 1. The predicted molar refractivity (Wildman–Crippen MR) is 157 cm³/mol. The van der Waals surface area contributed by atoms with Crippen LogP contribution < -0.4 is 4.74 Å². The molecule has 0 amide bonds. The fourth-order valence-corrected chi connectivity index (χ4v) is 8.67. The number of ether oxygens (including phenoxy) is 1. The third kappa shape index (κ3) is 8.05. The highest BCUT2D eigenvalue weighted by Gasteiger charge is 2.31. The lowest BCUT2D eigenvalue weighted by molar-refractivity contribution is -0.119. The lowest BCUT2D eigenvalue weighted by Crippen LogP contribution is -2.44. The number of hydrogen-bond acceptors (Lipinski definition) is 6. The number of alkyl halides is 1. The van der Waals surface area contributed by atoms with E-state index < -0.39 is 16.2 Å². The van der Waals surface area contributed by atoms with Gasteiger partial charge in [-0.2, -0.15) is 0 Å². The van der Waals surface area contributed by atoms with Crippen LogP contribution >= 0.6 is 0 Å². The normalized spacial score (nSPS) is 25.5. The fourth-order valence-electron chi connectivity index (χ4n) is 7.10. The third-order valence-electron chi connectivity index (χ3n) is 9.59. The number of nitrogens with zero attached hydrogens (tertiary/aromatic N) is 3. The molecule has 2 aliphatic heterocycles. The van der Waals surface area contributed by atoms with E-state index >= 15 is 0 Å². The monoisotopic (exact) mass is 579 g/mol. The number of Topliss-reactive ketones (excluding diaryl/α,β-unsaturated/α-hetero) is 1. The van der Waals surface area contributed by atoms with Gasteiger partial charge < -0.3 is 14.5 Å². The minimum absolute atomic E-state index is 0.145. The van der Waals surface area contributed by atoms with E-state index in [4.69, 9.17) is 4.74 Å². The summed E-state index contributed by atoms with van der Waals surface area (Å²) < 4.78 is 46.5. The highest BCUT2D eigenvalue weighted by atomic mass is 32.2. The minimum atomic E-state index is -3.68. The fraction of sp³-hybridized carbons (Fsp3) is 0.774. The van der Waals surface area contributed by atoms with Crippen LogP contribution in [0.4, 0.5) is 4.39 Å². The summed E-state index contributed by atoms with van der Waals surface area (Å²) in [7, 11) is -0.559. The Morgan fingerprint density at radius 2 is 1.62 bits per heavy atom. The maximum Gasteiger partial charge on any atom is 0.243 e. The first-order valence-electron chi connectivity index (χ1n) is 15.3. The van der Waals surface area contributed by atoms with E-state index in [9.17, 15) is 17.6 Å². The lowest BCUT2D eigenvalue weighted by Gasteiger charge is -2.41. The molecule has 2 saturated heterocycles. The van der Waals surface area contributed by atoms with Crippen LogP contribution in [0.1, 0.15) is 75.3 Å². The summed E-state index contributed by atoms with van der Waals surface area (Å²) in [6, 6.07) is 4.13. The average molecular weight is 580 g/mol. The summed E-state index contributed by atoms with van der Waals surface area (Å²) in [6.07, 6.45) is 8.99. The van der Waals surface area contributed by atoms with Crippen molar-refractivity contribution in [3.8, 4) is 5.75 Å². The van der Waals surface area contributed by atoms with Gasteiger partial charge >= 0.3 is 0 Å². The summed E-state index contributed by atoms with van der Waals surface area (Å²) >= 11 is 0. The molecule has 0 aromatic heterocycles. The molecule has 40 heavy (non-hydrogen) atoms. The average Bonchev–Trinajstić information content (AvgIpc) is 3.34. The molecule has 226 valence electrons. The molecular weight excluding hydrogens is 529 g/mol. The number of sulfonamides is 1. The van der Waals surface area contributed by atoms with Crippen molar-refractivity contribution in [2.45, 2.75) is 95.2 Å². The van der Waals surface area contributed by atoms with Crippen LogP contribution in [0.2, 0.25) is 0 Å². The number of aryl methyl sites for hydroxylation is 2. The molecule has 1 aliphatic carbocycles. The lowest BCUT2D eigenvalue weighted by atomic mass is 9.81. The summed E-state index contributed by atoms with van der Waals surface area (Å²) in [6.45, 7) is 8.69. The number of carbonyl (C=O) groups excluding carboxylic acids is 1. The van der Waals surface area contributed by atoms with Gasteiger partial charge in [-0.3, -0.25) is 4.79 Å². The van der Waals surface area contributed by atoms with E-state index in [2.05, 4.69) is 9.80 Å². The van der Waals surface area contributed by atoms with Gasteiger partial charge in [0.25, 0.3) is 0 Å². The van der Waals surface area contributed by atoms with Gasteiger partial charge in [0.1, 0.15) is 17.7 Å². The summed E-state index contributed by atoms with van der Waals surface area (Å²) in [5.41, 5.74) is 1.29. The number of carbonyl (C=O) groups is 1. The van der Waals surface area contributed by atoms with Crippen molar-refractivity contribution in [3.63, 3.8) is 0 Å². The molecule has 0 spiro atoms. The van der Waals surface area contributed by atoms with Crippen molar-refractivity contribution < 1.29 is 22.3 Å². The molecule has 3 fully saturated rings. The molecule has 0 N–H and O–H groups in total. The Bertz CT molecular complexity index is 1070. The van der Waals surface area contributed by atoms with Crippen LogP contribution in [-0.2, 0) is 14.8 Å². The third-order valence-corrected chi connectivity index (χ3v) is 11.8. The first-order chi connectivity index (χ1) is 19.1. The molecule has 2 heterocycles. The number of methoxy groups -OCH3 is 1. The van der Waals surface area contributed by atoms with E-state index in [1.165, 1.54) is 42.8 Å². The van der Waals surface area contributed by atoms with Crippen molar-refractivity contribution in [1.29, 1.82) is 0 Å². The number of likely N-dealkylation sites (tertiary alicyclic amines) is 2. The van der Waals surface area contributed by atoms with Crippen molar-refractivity contribution >= 4 is 15.8 Å². The molecule has 1 aromatic carbocycles. The van der Waals surface area contributed by atoms with Crippen LogP contribution in [-0.4, -0.2) is 93.9 Å². The Morgan fingerprint density at radius 3 is 2.20 bits per heavy atom. The number of hydrogen-bond donors (Lipinski definition) is 0. The second-order valence-corrected chi connectivity index (χ2v) is 14.5. The predicted octanol–water partition coefficient (Wildman–Crippen LogP) is 4.99. The van der Waals surface area contributed by atoms with Gasteiger partial charge in [0.05, 0.1) is 12.0 Å². The highest BCUT2D eigenvalue weighted by molar-refractivity contribution is 7.89. The van der Waals surface area contributed by atoms with Crippen molar-refractivity contribution in [3.05, 3.63) is 23.3 Å². The second-order valence-electron chi connectivity index (χ2n) is 12.5. The van der Waals surface area contributed by atoms with Gasteiger partial charge in [0.15, 0.2) is 0 Å². The molecule has 4 rings (SSSR count). The van der Waals surface area contributed by atoms with E-state index in [-0.39, 0.29) is 18.7 Å². The van der Waals surface area contributed by atoms with Crippen molar-refractivity contribution in [2.75, 3.05) is 53.4 Å². The van der Waals surface area contributed by atoms with Crippen molar-refractivity contribution in [2.24, 2.45) is 11.8 Å². The van der Waals surface area contributed by atoms with Gasteiger partial charge in [-0.1, -0.05) is 0 Å². The van der Waals surface area contributed by atoms with Gasteiger partial charge in [0.2, 0.25) is 10.0 Å². The maximum atomic E-state index is 13.5. The Morgan fingerprint density at radius 1 is 0.975 bits per heavy atom. The topological polar surface area (TPSA) is 70.2 Å². The van der Waals surface area contributed by atoms with E-state index in [0.29, 0.717) is 59.0 Å². The molecule has 0 unspecified atom stereocenters. The second kappa shape index (κ2) is 14.1. The quantitative estimate of drug-likeness (QED) is 0.348. The van der Waals surface area contributed by atoms with E-state index in [1.54, 1.807) is 40.1 Å². The first kappa shape index (κ1) is 31.4. The number of piperidine rings is 1. The molecule has 1 saturated carbocycles. The number of rotatable bonds is 12. The smallest absolute Gasteiger partial charge is 0.243 e.